The van der Waals surface area contributed by atoms with Crippen LogP contribution in [0.3, 0.4) is 0 Å². The molecule has 3 aromatic rings. The molecule has 6 nitrogen and oxygen atoms in total. The molecule has 32 heavy (non-hydrogen) atoms. The van der Waals surface area contributed by atoms with Gasteiger partial charge in [-0.25, -0.2) is 4.98 Å². The van der Waals surface area contributed by atoms with Crippen molar-refractivity contribution in [2.45, 2.75) is 6.04 Å². The van der Waals surface area contributed by atoms with Gasteiger partial charge in [0.1, 0.15) is 0 Å². The minimum atomic E-state index is 0.0197. The van der Waals surface area contributed by atoms with E-state index in [9.17, 15) is 9.59 Å². The first-order valence-electron chi connectivity index (χ1n) is 10.7. The molecule has 0 radical (unpaired) electrons. The number of piperazine rings is 1. The van der Waals surface area contributed by atoms with Crippen molar-refractivity contribution in [3.05, 3.63) is 75.7 Å². The van der Waals surface area contributed by atoms with Gasteiger partial charge in [-0.3, -0.25) is 14.5 Å². The Balaban J connectivity index is 1.12. The Hall–Kier alpha value is -2.74. The summed E-state index contributed by atoms with van der Waals surface area (Å²) in [5.74, 6) is 0.0859. The van der Waals surface area contributed by atoms with E-state index in [2.05, 4.69) is 9.88 Å². The number of halogens is 1. The fourth-order valence-corrected chi connectivity index (χ4v) is 5.05. The largest absolute Gasteiger partial charge is 0.335 e. The SMILES string of the molecule is O=C(c1ccc(-c2cccc(Cl)c2)cc1)N1CC(N2CCN(C(=O)c3nccs3)CC2)C1. The Labute approximate surface area is 196 Å². The summed E-state index contributed by atoms with van der Waals surface area (Å²) >= 11 is 7.47. The lowest BCUT2D eigenvalue weighted by Crippen LogP contribution is -2.64. The van der Waals surface area contributed by atoms with Crippen LogP contribution in [0.5, 0.6) is 0 Å². The molecule has 3 heterocycles. The molecule has 0 unspecified atom stereocenters. The lowest BCUT2D eigenvalue weighted by molar-refractivity contribution is 0.00853. The van der Waals surface area contributed by atoms with Crippen LogP contribution in [-0.4, -0.2) is 76.8 Å². The van der Waals surface area contributed by atoms with Crippen LogP contribution in [0.2, 0.25) is 5.02 Å². The first kappa shape index (κ1) is 21.1. The maximum atomic E-state index is 12.9. The minimum Gasteiger partial charge on any atom is -0.335 e. The van der Waals surface area contributed by atoms with Crippen LogP contribution in [0.1, 0.15) is 20.2 Å². The third kappa shape index (κ3) is 4.28. The van der Waals surface area contributed by atoms with Crippen molar-refractivity contribution in [3.8, 4) is 11.1 Å². The zero-order chi connectivity index (χ0) is 22.1. The molecule has 2 aliphatic rings. The number of hydrogen-bond donors (Lipinski definition) is 0. The average molecular weight is 467 g/mol. The lowest BCUT2D eigenvalue weighted by atomic mass is 10.0. The summed E-state index contributed by atoms with van der Waals surface area (Å²) < 4.78 is 0. The highest BCUT2D eigenvalue weighted by molar-refractivity contribution is 7.11. The molecule has 2 saturated heterocycles. The number of amides is 2. The van der Waals surface area contributed by atoms with Crippen molar-refractivity contribution in [1.82, 2.24) is 19.7 Å². The van der Waals surface area contributed by atoms with E-state index in [1.54, 1.807) is 6.20 Å². The second-order valence-electron chi connectivity index (χ2n) is 8.12. The predicted octanol–water partition coefficient (Wildman–Crippen LogP) is 3.75. The fraction of sp³-hybridized carbons (Fsp3) is 0.292. The molecule has 2 amide bonds. The van der Waals surface area contributed by atoms with Crippen LogP contribution >= 0.6 is 22.9 Å². The number of carbonyl (C=O) groups is 2. The standard InChI is InChI=1S/C24H23ClN4O2S/c25-20-3-1-2-19(14-20)17-4-6-18(7-5-17)23(30)29-15-21(16-29)27-9-11-28(12-10-27)24(31)22-26-8-13-32-22/h1-8,13-14,21H,9-12,15-16H2. The molecule has 1 aromatic heterocycles. The maximum Gasteiger partial charge on any atom is 0.282 e. The Morgan fingerprint density at radius 2 is 1.66 bits per heavy atom. The van der Waals surface area contributed by atoms with Gasteiger partial charge in [-0.2, -0.15) is 0 Å². The molecule has 5 rings (SSSR count). The fourth-order valence-electron chi connectivity index (χ4n) is 4.26. The molecule has 0 N–H and O–H groups in total. The Kier molecular flexibility index (Phi) is 5.95. The topological polar surface area (TPSA) is 56.8 Å². The molecule has 2 fully saturated rings. The normalized spacial score (nSPS) is 17.3. The summed E-state index contributed by atoms with van der Waals surface area (Å²) in [6, 6.07) is 15.8. The average Bonchev–Trinajstić information content (AvgIpc) is 3.33. The number of hydrogen-bond acceptors (Lipinski definition) is 5. The van der Waals surface area contributed by atoms with Gasteiger partial charge in [-0.1, -0.05) is 35.9 Å². The number of likely N-dealkylation sites (tertiary alicyclic amines) is 1. The van der Waals surface area contributed by atoms with E-state index in [1.165, 1.54) is 11.3 Å². The van der Waals surface area contributed by atoms with Crippen molar-refractivity contribution in [1.29, 1.82) is 0 Å². The molecular weight excluding hydrogens is 444 g/mol. The molecule has 0 bridgehead atoms. The van der Waals surface area contributed by atoms with Crippen molar-refractivity contribution in [3.63, 3.8) is 0 Å². The number of aromatic nitrogens is 1. The van der Waals surface area contributed by atoms with E-state index in [0.29, 0.717) is 34.7 Å². The van der Waals surface area contributed by atoms with Gasteiger partial charge in [0.05, 0.1) is 0 Å². The van der Waals surface area contributed by atoms with Gasteiger partial charge in [0, 0.05) is 67.5 Å². The summed E-state index contributed by atoms with van der Waals surface area (Å²) in [5, 5.41) is 3.08. The second-order valence-corrected chi connectivity index (χ2v) is 9.45. The van der Waals surface area contributed by atoms with Gasteiger partial charge in [-0.15, -0.1) is 11.3 Å². The van der Waals surface area contributed by atoms with Crippen LogP contribution in [0.4, 0.5) is 0 Å². The van der Waals surface area contributed by atoms with Crippen molar-refractivity contribution < 1.29 is 9.59 Å². The molecular formula is C24H23ClN4O2S. The number of benzene rings is 2. The van der Waals surface area contributed by atoms with Crippen molar-refractivity contribution in [2.24, 2.45) is 0 Å². The van der Waals surface area contributed by atoms with Gasteiger partial charge in [-0.05, 0) is 35.4 Å². The van der Waals surface area contributed by atoms with E-state index in [4.69, 9.17) is 11.6 Å². The molecule has 0 atom stereocenters. The van der Waals surface area contributed by atoms with E-state index < -0.39 is 0 Å². The molecule has 164 valence electrons. The van der Waals surface area contributed by atoms with Gasteiger partial charge >= 0.3 is 0 Å². The highest BCUT2D eigenvalue weighted by atomic mass is 35.5. The zero-order valence-corrected chi connectivity index (χ0v) is 19.1. The Bertz CT molecular complexity index is 1110. The smallest absolute Gasteiger partial charge is 0.282 e. The van der Waals surface area contributed by atoms with Crippen molar-refractivity contribution in [2.75, 3.05) is 39.3 Å². The summed E-state index contributed by atoms with van der Waals surface area (Å²) in [6.07, 6.45) is 1.67. The first-order chi connectivity index (χ1) is 15.6. The minimum absolute atomic E-state index is 0.0197. The van der Waals surface area contributed by atoms with Gasteiger partial charge in [0.2, 0.25) is 0 Å². The van der Waals surface area contributed by atoms with Crippen LogP contribution in [0, 0.1) is 0 Å². The highest BCUT2D eigenvalue weighted by Gasteiger charge is 2.37. The third-order valence-corrected chi connectivity index (χ3v) is 7.17. The van der Waals surface area contributed by atoms with Crippen LogP contribution in [-0.2, 0) is 0 Å². The summed E-state index contributed by atoms with van der Waals surface area (Å²) in [4.78, 5) is 35.6. The maximum absolute atomic E-state index is 12.9. The monoisotopic (exact) mass is 466 g/mol. The molecule has 0 spiro atoms. The first-order valence-corrected chi connectivity index (χ1v) is 11.9. The Morgan fingerprint density at radius 3 is 2.31 bits per heavy atom. The molecule has 0 saturated carbocycles. The number of nitrogens with zero attached hydrogens (tertiary/aromatic N) is 4. The summed E-state index contributed by atoms with van der Waals surface area (Å²) in [5.41, 5.74) is 2.77. The van der Waals surface area contributed by atoms with E-state index in [-0.39, 0.29) is 11.8 Å². The van der Waals surface area contributed by atoms with Crippen molar-refractivity contribution >= 4 is 34.8 Å². The second kappa shape index (κ2) is 9.02. The van der Waals surface area contributed by atoms with E-state index in [1.807, 2.05) is 63.7 Å². The molecule has 8 heteroatoms. The van der Waals surface area contributed by atoms with E-state index in [0.717, 1.165) is 37.3 Å². The zero-order valence-electron chi connectivity index (χ0n) is 17.5. The van der Waals surface area contributed by atoms with Crippen LogP contribution in [0.15, 0.2) is 60.1 Å². The van der Waals surface area contributed by atoms with Crippen LogP contribution in [0.25, 0.3) is 11.1 Å². The molecule has 0 aliphatic carbocycles. The van der Waals surface area contributed by atoms with Crippen LogP contribution < -0.4 is 0 Å². The van der Waals surface area contributed by atoms with Gasteiger partial charge in [0.25, 0.3) is 11.8 Å². The molecule has 2 aromatic carbocycles. The lowest BCUT2D eigenvalue weighted by Gasteiger charge is -2.48. The quantitative estimate of drug-likeness (QED) is 0.587. The Morgan fingerprint density at radius 1 is 0.906 bits per heavy atom. The summed E-state index contributed by atoms with van der Waals surface area (Å²) in [6.45, 7) is 4.53. The summed E-state index contributed by atoms with van der Waals surface area (Å²) in [7, 11) is 0. The van der Waals surface area contributed by atoms with Gasteiger partial charge < -0.3 is 9.80 Å². The highest BCUT2D eigenvalue weighted by Crippen LogP contribution is 2.25. The molecule has 2 aliphatic heterocycles. The third-order valence-electron chi connectivity index (χ3n) is 6.17. The number of carbonyl (C=O) groups excluding carboxylic acids is 2. The predicted molar refractivity (Wildman–Crippen MR) is 126 cm³/mol. The van der Waals surface area contributed by atoms with E-state index >= 15 is 0 Å². The number of rotatable bonds is 4. The van der Waals surface area contributed by atoms with Gasteiger partial charge in [0.15, 0.2) is 5.01 Å². The number of thiazole rings is 1.